The monoisotopic (exact) mass is 431 g/mol. The van der Waals surface area contributed by atoms with Crippen LogP contribution in [0.15, 0.2) is 60.7 Å². The van der Waals surface area contributed by atoms with E-state index < -0.39 is 6.03 Å². The number of carbonyl (C=O) groups is 2. The molecule has 0 fully saturated rings. The molecule has 0 aromatic heterocycles. The summed E-state index contributed by atoms with van der Waals surface area (Å²) in [5, 5.41) is 8.38. The van der Waals surface area contributed by atoms with Crippen LogP contribution in [0.4, 0.5) is 21.9 Å². The summed E-state index contributed by atoms with van der Waals surface area (Å²) in [7, 11) is 0. The van der Waals surface area contributed by atoms with E-state index in [0.29, 0.717) is 40.7 Å². The van der Waals surface area contributed by atoms with Crippen LogP contribution in [0.2, 0.25) is 0 Å². The number of hydrogen-bond acceptors (Lipinski definition) is 4. The first-order valence-corrected chi connectivity index (χ1v) is 10.6. The van der Waals surface area contributed by atoms with Gasteiger partial charge in [0.05, 0.1) is 17.9 Å². The number of carbonyl (C=O) groups excluding carboxylic acids is 2. The molecule has 3 amide bonds. The molecule has 32 heavy (non-hydrogen) atoms. The van der Waals surface area contributed by atoms with Crippen molar-refractivity contribution in [2.45, 2.75) is 26.7 Å². The minimum atomic E-state index is -0.418. The van der Waals surface area contributed by atoms with Crippen molar-refractivity contribution in [3.63, 3.8) is 0 Å². The summed E-state index contributed by atoms with van der Waals surface area (Å²) < 4.78 is 11.5. The highest BCUT2D eigenvalue weighted by Crippen LogP contribution is 2.37. The van der Waals surface area contributed by atoms with Crippen LogP contribution < -0.4 is 25.4 Å². The average molecular weight is 431 g/mol. The van der Waals surface area contributed by atoms with Crippen molar-refractivity contribution in [2.24, 2.45) is 0 Å². The van der Waals surface area contributed by atoms with E-state index in [2.05, 4.69) is 22.9 Å². The number of hydrogen-bond donors (Lipinski definition) is 3. The molecule has 1 aliphatic rings. The highest BCUT2D eigenvalue weighted by atomic mass is 16.5. The summed E-state index contributed by atoms with van der Waals surface area (Å²) >= 11 is 0. The molecule has 0 saturated heterocycles. The molecule has 3 N–H and O–H groups in total. The molecule has 0 aliphatic carbocycles. The Morgan fingerprint density at radius 1 is 0.969 bits per heavy atom. The summed E-state index contributed by atoms with van der Waals surface area (Å²) in [4.78, 5) is 25.1. The molecule has 0 radical (unpaired) electrons. The van der Waals surface area contributed by atoms with Gasteiger partial charge in [-0.3, -0.25) is 4.79 Å². The van der Waals surface area contributed by atoms with E-state index in [9.17, 15) is 9.59 Å². The minimum absolute atomic E-state index is 0.299. The molecule has 3 aromatic carbocycles. The van der Waals surface area contributed by atoms with Gasteiger partial charge >= 0.3 is 6.03 Å². The van der Waals surface area contributed by atoms with Crippen molar-refractivity contribution in [2.75, 3.05) is 22.6 Å². The molecule has 0 unspecified atom stereocenters. The van der Waals surface area contributed by atoms with Crippen LogP contribution in [0.25, 0.3) is 0 Å². The molecule has 1 heterocycles. The quantitative estimate of drug-likeness (QED) is 0.407. The van der Waals surface area contributed by atoms with Crippen LogP contribution >= 0.6 is 0 Å². The van der Waals surface area contributed by atoms with Gasteiger partial charge in [-0.2, -0.15) is 0 Å². The van der Waals surface area contributed by atoms with Crippen LogP contribution in [0, 0.1) is 6.92 Å². The molecule has 3 aromatic rings. The average Bonchev–Trinajstić information content (AvgIpc) is 2.90. The fourth-order valence-electron chi connectivity index (χ4n) is 3.28. The van der Waals surface area contributed by atoms with Crippen molar-refractivity contribution in [3.8, 4) is 17.2 Å². The van der Waals surface area contributed by atoms with Gasteiger partial charge < -0.3 is 25.4 Å². The fraction of sp³-hybridized carbons (Fsp3) is 0.200. The van der Waals surface area contributed by atoms with Gasteiger partial charge in [-0.25, -0.2) is 4.79 Å². The largest absolute Gasteiger partial charge is 0.494 e. The Morgan fingerprint density at radius 2 is 1.69 bits per heavy atom. The lowest BCUT2D eigenvalue weighted by molar-refractivity contribution is 0.102. The Balaban J connectivity index is 1.41. The predicted molar refractivity (Wildman–Crippen MR) is 125 cm³/mol. The Bertz CT molecular complexity index is 1140. The molecule has 0 saturated carbocycles. The zero-order chi connectivity index (χ0) is 22.5. The first kappa shape index (κ1) is 21.2. The van der Waals surface area contributed by atoms with E-state index in [0.717, 1.165) is 24.2 Å². The molecule has 0 bridgehead atoms. The Hall–Kier alpha value is -4.00. The number of nitrogens with one attached hydrogen (secondary N) is 3. The molecule has 164 valence electrons. The second-order valence-corrected chi connectivity index (χ2v) is 7.57. The Morgan fingerprint density at radius 3 is 2.47 bits per heavy atom. The third-order valence-corrected chi connectivity index (χ3v) is 4.96. The fourth-order valence-corrected chi connectivity index (χ4v) is 3.28. The number of aryl methyl sites for hydroxylation is 1. The Kier molecular flexibility index (Phi) is 6.26. The van der Waals surface area contributed by atoms with Crippen molar-refractivity contribution in [1.29, 1.82) is 0 Å². The SMILES string of the molecule is CCCCOc1ccc(NC(=O)Nc2ccc3c(c2)C(=O)Nc2cc(C)ccc2O3)cc1. The molecule has 0 atom stereocenters. The molecule has 0 spiro atoms. The summed E-state index contributed by atoms with van der Waals surface area (Å²) in [5.74, 6) is 1.46. The van der Waals surface area contributed by atoms with E-state index in [-0.39, 0.29) is 5.91 Å². The zero-order valence-electron chi connectivity index (χ0n) is 18.0. The number of ether oxygens (including phenoxy) is 2. The molecule has 1 aliphatic heterocycles. The first-order chi connectivity index (χ1) is 15.5. The lowest BCUT2D eigenvalue weighted by Gasteiger charge is -2.11. The van der Waals surface area contributed by atoms with Crippen molar-refractivity contribution in [1.82, 2.24) is 0 Å². The highest BCUT2D eigenvalue weighted by Gasteiger charge is 2.21. The number of unbranched alkanes of at least 4 members (excludes halogenated alkanes) is 1. The third kappa shape index (κ3) is 5.00. The molecule has 4 rings (SSSR count). The lowest BCUT2D eigenvalue weighted by Crippen LogP contribution is -2.20. The number of benzene rings is 3. The van der Waals surface area contributed by atoms with Gasteiger partial charge in [0.2, 0.25) is 0 Å². The van der Waals surface area contributed by atoms with Gasteiger partial charge in [-0.1, -0.05) is 19.4 Å². The summed E-state index contributed by atoms with van der Waals surface area (Å²) in [6, 6.07) is 17.3. The number of amides is 3. The standard InChI is InChI=1S/C25H25N3O4/c1-3-4-13-31-19-9-6-17(7-10-19)26-25(30)27-18-8-12-22-20(15-18)24(29)28-21-14-16(2)5-11-23(21)32-22/h5-12,14-15H,3-4,13H2,1-2H3,(H,28,29)(H2,26,27,30). The molecule has 7 heteroatoms. The molecule has 7 nitrogen and oxygen atoms in total. The lowest BCUT2D eigenvalue weighted by atomic mass is 10.1. The smallest absolute Gasteiger partial charge is 0.323 e. The van der Waals surface area contributed by atoms with Gasteiger partial charge in [0.25, 0.3) is 5.91 Å². The summed E-state index contributed by atoms with van der Waals surface area (Å²) in [6.45, 7) is 4.72. The van der Waals surface area contributed by atoms with Crippen molar-refractivity contribution in [3.05, 3.63) is 71.8 Å². The van der Waals surface area contributed by atoms with E-state index in [4.69, 9.17) is 9.47 Å². The normalized spacial score (nSPS) is 11.9. The van der Waals surface area contributed by atoms with Crippen molar-refractivity contribution >= 4 is 29.0 Å². The van der Waals surface area contributed by atoms with Crippen LogP contribution in [-0.2, 0) is 0 Å². The van der Waals surface area contributed by atoms with Crippen LogP contribution in [0.5, 0.6) is 17.2 Å². The maximum atomic E-state index is 12.7. The van der Waals surface area contributed by atoms with Gasteiger partial charge in [0.1, 0.15) is 11.5 Å². The highest BCUT2D eigenvalue weighted by molar-refractivity contribution is 6.09. The second-order valence-electron chi connectivity index (χ2n) is 7.57. The molecular weight excluding hydrogens is 406 g/mol. The number of anilines is 3. The van der Waals surface area contributed by atoms with E-state index in [1.165, 1.54) is 0 Å². The van der Waals surface area contributed by atoms with E-state index >= 15 is 0 Å². The first-order valence-electron chi connectivity index (χ1n) is 10.6. The summed E-state index contributed by atoms with van der Waals surface area (Å²) in [5.41, 5.74) is 3.07. The predicted octanol–water partition coefficient (Wildman–Crippen LogP) is 6.18. The number of fused-ring (bicyclic) bond motifs is 2. The minimum Gasteiger partial charge on any atom is -0.494 e. The summed E-state index contributed by atoms with van der Waals surface area (Å²) in [6.07, 6.45) is 2.07. The maximum Gasteiger partial charge on any atom is 0.323 e. The van der Waals surface area contributed by atoms with Gasteiger partial charge in [-0.15, -0.1) is 0 Å². The van der Waals surface area contributed by atoms with Gasteiger partial charge in [0, 0.05) is 11.4 Å². The topological polar surface area (TPSA) is 88.7 Å². The van der Waals surface area contributed by atoms with Crippen LogP contribution in [0.3, 0.4) is 0 Å². The molecular formula is C25H25N3O4. The maximum absolute atomic E-state index is 12.7. The number of urea groups is 1. The van der Waals surface area contributed by atoms with Crippen LogP contribution in [0.1, 0.15) is 35.7 Å². The van der Waals surface area contributed by atoms with Gasteiger partial charge in [0.15, 0.2) is 5.75 Å². The van der Waals surface area contributed by atoms with Gasteiger partial charge in [-0.05, 0) is 73.5 Å². The van der Waals surface area contributed by atoms with E-state index in [1.807, 2.05) is 37.3 Å². The number of rotatable bonds is 6. The van der Waals surface area contributed by atoms with Crippen molar-refractivity contribution < 1.29 is 19.1 Å². The second kappa shape index (κ2) is 9.43. The van der Waals surface area contributed by atoms with Crippen LogP contribution in [-0.4, -0.2) is 18.5 Å². The zero-order valence-corrected chi connectivity index (χ0v) is 18.0. The Labute approximate surface area is 186 Å². The third-order valence-electron chi connectivity index (χ3n) is 4.96. The van der Waals surface area contributed by atoms with E-state index in [1.54, 1.807) is 30.3 Å².